The van der Waals surface area contributed by atoms with Crippen LogP contribution in [0.5, 0.6) is 0 Å². The molecule has 2 N–H and O–H groups in total. The van der Waals surface area contributed by atoms with Gasteiger partial charge in [0.1, 0.15) is 17.3 Å². The minimum atomic E-state index is 0.582. The lowest BCUT2D eigenvalue weighted by atomic mass is 9.89. The predicted octanol–water partition coefficient (Wildman–Crippen LogP) is 3.72. The van der Waals surface area contributed by atoms with E-state index >= 15 is 0 Å². The molecule has 0 aliphatic heterocycles. The second-order valence-corrected chi connectivity index (χ2v) is 5.46. The number of aromatic nitrogens is 2. The number of anilines is 1. The Morgan fingerprint density at radius 2 is 1.79 bits per heavy atom. The average Bonchev–Trinajstić information content (AvgIpc) is 2.77. The number of nitrogens with two attached hydrogens (primary N) is 1. The van der Waals surface area contributed by atoms with Crippen molar-refractivity contribution < 1.29 is 0 Å². The molecular formula is C16H21N3. The third-order valence-corrected chi connectivity index (χ3v) is 4.19. The normalized spacial score (nSPS) is 16.7. The molecule has 1 aromatic heterocycles. The summed E-state index contributed by atoms with van der Waals surface area (Å²) in [6.45, 7) is 0. The number of rotatable bonds is 2. The summed E-state index contributed by atoms with van der Waals surface area (Å²) in [5.41, 5.74) is 8.29. The van der Waals surface area contributed by atoms with Gasteiger partial charge in [-0.15, -0.1) is 0 Å². The molecule has 2 aromatic rings. The van der Waals surface area contributed by atoms with Crippen LogP contribution in [0.25, 0.3) is 11.3 Å². The van der Waals surface area contributed by atoms with E-state index in [4.69, 9.17) is 10.7 Å². The van der Waals surface area contributed by atoms with Crippen LogP contribution in [0.15, 0.2) is 30.3 Å². The summed E-state index contributed by atoms with van der Waals surface area (Å²) in [7, 11) is 2.04. The Balaban J connectivity index is 1.99. The summed E-state index contributed by atoms with van der Waals surface area (Å²) in [5.74, 6) is 2.53. The minimum absolute atomic E-state index is 0.582. The van der Waals surface area contributed by atoms with E-state index in [1.54, 1.807) is 0 Å². The molecule has 1 aliphatic carbocycles. The van der Waals surface area contributed by atoms with E-state index in [9.17, 15) is 0 Å². The highest BCUT2D eigenvalue weighted by Crippen LogP contribution is 2.35. The van der Waals surface area contributed by atoms with Crippen LogP contribution in [-0.2, 0) is 7.05 Å². The molecule has 1 heterocycles. The van der Waals surface area contributed by atoms with Gasteiger partial charge in [-0.3, -0.25) is 0 Å². The Morgan fingerprint density at radius 1 is 1.11 bits per heavy atom. The van der Waals surface area contributed by atoms with Gasteiger partial charge >= 0.3 is 0 Å². The fraction of sp³-hybridized carbons (Fsp3) is 0.438. The standard InChI is InChI=1S/C16H21N3/c1-19-15(17)14(12-8-4-2-5-9-12)18-16(19)13-10-6-3-7-11-13/h2,4-5,8-9,13H,3,6-7,10-11,17H2,1H3. The number of hydrogen-bond donors (Lipinski definition) is 1. The first-order valence-corrected chi connectivity index (χ1v) is 7.15. The maximum absolute atomic E-state index is 6.24. The van der Waals surface area contributed by atoms with Crippen molar-refractivity contribution in [2.45, 2.75) is 38.0 Å². The van der Waals surface area contributed by atoms with Gasteiger partial charge in [-0.25, -0.2) is 4.98 Å². The SMILES string of the molecule is Cn1c(C2CCCCC2)nc(-c2ccccc2)c1N. The molecule has 0 saturated heterocycles. The molecule has 0 spiro atoms. The van der Waals surface area contributed by atoms with Crippen LogP contribution in [0.3, 0.4) is 0 Å². The number of nitrogens with zero attached hydrogens (tertiary/aromatic N) is 2. The maximum atomic E-state index is 6.24. The summed E-state index contributed by atoms with van der Waals surface area (Å²) >= 11 is 0. The number of hydrogen-bond acceptors (Lipinski definition) is 2. The lowest BCUT2D eigenvalue weighted by Gasteiger charge is -2.21. The molecule has 3 rings (SSSR count). The van der Waals surface area contributed by atoms with Gasteiger partial charge in [0, 0.05) is 18.5 Å². The van der Waals surface area contributed by atoms with Gasteiger partial charge < -0.3 is 10.3 Å². The highest BCUT2D eigenvalue weighted by molar-refractivity contribution is 5.70. The summed E-state index contributed by atoms with van der Waals surface area (Å²) in [5, 5.41) is 0. The van der Waals surface area contributed by atoms with Gasteiger partial charge in [0.25, 0.3) is 0 Å². The number of imidazole rings is 1. The minimum Gasteiger partial charge on any atom is -0.383 e. The Kier molecular flexibility index (Phi) is 3.28. The van der Waals surface area contributed by atoms with Crippen LogP contribution in [0.4, 0.5) is 5.82 Å². The fourth-order valence-corrected chi connectivity index (χ4v) is 3.06. The van der Waals surface area contributed by atoms with E-state index in [0.717, 1.165) is 22.9 Å². The lowest BCUT2D eigenvalue weighted by molar-refractivity contribution is 0.422. The molecule has 3 heteroatoms. The van der Waals surface area contributed by atoms with Crippen molar-refractivity contribution in [2.75, 3.05) is 5.73 Å². The summed E-state index contributed by atoms with van der Waals surface area (Å²) in [6, 6.07) is 10.2. The van der Waals surface area contributed by atoms with Crippen LogP contribution < -0.4 is 5.73 Å². The molecule has 3 nitrogen and oxygen atoms in total. The summed E-state index contributed by atoms with van der Waals surface area (Å²) in [6.07, 6.45) is 6.50. The van der Waals surface area contributed by atoms with E-state index in [-0.39, 0.29) is 0 Å². The second-order valence-electron chi connectivity index (χ2n) is 5.46. The van der Waals surface area contributed by atoms with Crippen LogP contribution >= 0.6 is 0 Å². The molecule has 1 aliphatic rings. The first kappa shape index (κ1) is 12.3. The van der Waals surface area contributed by atoms with E-state index < -0.39 is 0 Å². The predicted molar refractivity (Wildman–Crippen MR) is 78.9 cm³/mol. The lowest BCUT2D eigenvalue weighted by Crippen LogP contribution is -2.11. The zero-order valence-electron chi connectivity index (χ0n) is 11.5. The van der Waals surface area contributed by atoms with Crippen molar-refractivity contribution in [1.29, 1.82) is 0 Å². The van der Waals surface area contributed by atoms with Gasteiger partial charge in [0.2, 0.25) is 0 Å². The molecule has 100 valence electrons. The topological polar surface area (TPSA) is 43.8 Å². The third-order valence-electron chi connectivity index (χ3n) is 4.19. The third kappa shape index (κ3) is 2.25. The zero-order valence-corrected chi connectivity index (χ0v) is 11.5. The van der Waals surface area contributed by atoms with Gasteiger partial charge in [-0.2, -0.15) is 0 Å². The van der Waals surface area contributed by atoms with Crippen molar-refractivity contribution in [3.8, 4) is 11.3 Å². The largest absolute Gasteiger partial charge is 0.383 e. The van der Waals surface area contributed by atoms with E-state index in [1.807, 2.05) is 25.2 Å². The highest BCUT2D eigenvalue weighted by Gasteiger charge is 2.23. The molecule has 0 bridgehead atoms. The monoisotopic (exact) mass is 255 g/mol. The fourth-order valence-electron chi connectivity index (χ4n) is 3.06. The molecule has 0 radical (unpaired) electrons. The molecule has 0 amide bonds. The molecule has 19 heavy (non-hydrogen) atoms. The average molecular weight is 255 g/mol. The smallest absolute Gasteiger partial charge is 0.131 e. The van der Waals surface area contributed by atoms with Gasteiger partial charge in [-0.1, -0.05) is 49.6 Å². The molecule has 1 saturated carbocycles. The van der Waals surface area contributed by atoms with Gasteiger partial charge in [0.05, 0.1) is 0 Å². The Labute approximate surface area is 114 Å². The first-order valence-electron chi connectivity index (χ1n) is 7.15. The van der Waals surface area contributed by atoms with Crippen molar-refractivity contribution in [1.82, 2.24) is 9.55 Å². The second kappa shape index (κ2) is 5.08. The molecule has 0 atom stereocenters. The quantitative estimate of drug-likeness (QED) is 0.888. The molecule has 1 aromatic carbocycles. The van der Waals surface area contributed by atoms with Gasteiger partial charge in [0.15, 0.2) is 0 Å². The van der Waals surface area contributed by atoms with Crippen LogP contribution in [0.2, 0.25) is 0 Å². The van der Waals surface area contributed by atoms with E-state index in [0.29, 0.717) is 5.92 Å². The van der Waals surface area contributed by atoms with Crippen LogP contribution in [0.1, 0.15) is 43.8 Å². The van der Waals surface area contributed by atoms with E-state index in [2.05, 4.69) is 16.7 Å². The Morgan fingerprint density at radius 3 is 2.47 bits per heavy atom. The van der Waals surface area contributed by atoms with Crippen LogP contribution in [0, 0.1) is 0 Å². The highest BCUT2D eigenvalue weighted by atomic mass is 15.1. The van der Waals surface area contributed by atoms with Crippen molar-refractivity contribution in [3.05, 3.63) is 36.2 Å². The summed E-state index contributed by atoms with van der Waals surface area (Å²) in [4.78, 5) is 4.84. The first-order chi connectivity index (χ1) is 9.27. The molecular weight excluding hydrogens is 234 g/mol. The van der Waals surface area contributed by atoms with E-state index in [1.165, 1.54) is 32.1 Å². The Hall–Kier alpha value is -1.77. The molecule has 1 fully saturated rings. The summed E-state index contributed by atoms with van der Waals surface area (Å²) < 4.78 is 2.08. The van der Waals surface area contributed by atoms with Gasteiger partial charge in [-0.05, 0) is 12.8 Å². The number of nitrogen functional groups attached to an aromatic ring is 1. The Bertz CT molecular complexity index is 551. The van der Waals surface area contributed by atoms with Crippen molar-refractivity contribution in [3.63, 3.8) is 0 Å². The van der Waals surface area contributed by atoms with Crippen molar-refractivity contribution >= 4 is 5.82 Å². The zero-order chi connectivity index (χ0) is 13.2. The van der Waals surface area contributed by atoms with Crippen molar-refractivity contribution in [2.24, 2.45) is 7.05 Å². The number of benzene rings is 1. The molecule has 0 unspecified atom stereocenters. The van der Waals surface area contributed by atoms with Crippen LogP contribution in [-0.4, -0.2) is 9.55 Å². The maximum Gasteiger partial charge on any atom is 0.131 e.